The maximum absolute atomic E-state index is 11.7. The van der Waals surface area contributed by atoms with Crippen molar-refractivity contribution >= 4 is 23.3 Å². The Balaban J connectivity index is 2.87. The highest BCUT2D eigenvalue weighted by atomic mass is 35.5. The fourth-order valence-electron chi connectivity index (χ4n) is 1.78. The molecule has 0 aliphatic heterocycles. The van der Waals surface area contributed by atoms with Gasteiger partial charge in [0.2, 0.25) is 0 Å². The molecule has 1 aromatic carbocycles. The Bertz CT molecular complexity index is 435. The summed E-state index contributed by atoms with van der Waals surface area (Å²) >= 11 is 5.96. The number of carbonyl (C=O) groups is 1. The SMILES string of the molecule is COC(=O)c1ccc(Cl)cc1NCC(CN)C(C)C. The van der Waals surface area contributed by atoms with Gasteiger partial charge in [0.25, 0.3) is 0 Å². The van der Waals surface area contributed by atoms with Crippen molar-refractivity contribution in [3.63, 3.8) is 0 Å². The predicted octanol–water partition coefficient (Wildman–Crippen LogP) is 2.77. The molecule has 0 aliphatic carbocycles. The first kappa shape index (κ1) is 15.8. The summed E-state index contributed by atoms with van der Waals surface area (Å²) in [5.41, 5.74) is 6.89. The van der Waals surface area contributed by atoms with E-state index in [1.54, 1.807) is 18.2 Å². The van der Waals surface area contributed by atoms with Gasteiger partial charge in [0.05, 0.1) is 18.4 Å². The van der Waals surface area contributed by atoms with Crippen LogP contribution in [0.1, 0.15) is 24.2 Å². The van der Waals surface area contributed by atoms with E-state index in [-0.39, 0.29) is 5.97 Å². The number of hydrogen-bond donors (Lipinski definition) is 2. The van der Waals surface area contributed by atoms with Crippen LogP contribution in [0.5, 0.6) is 0 Å². The summed E-state index contributed by atoms with van der Waals surface area (Å²) in [6, 6.07) is 5.05. The molecule has 5 heteroatoms. The van der Waals surface area contributed by atoms with Gasteiger partial charge in [-0.1, -0.05) is 25.4 Å². The van der Waals surface area contributed by atoms with Gasteiger partial charge < -0.3 is 15.8 Å². The third-order valence-corrected chi connectivity index (χ3v) is 3.42. The number of nitrogens with one attached hydrogen (secondary N) is 1. The maximum Gasteiger partial charge on any atom is 0.339 e. The lowest BCUT2D eigenvalue weighted by Crippen LogP contribution is -2.27. The smallest absolute Gasteiger partial charge is 0.339 e. The van der Waals surface area contributed by atoms with Crippen molar-refractivity contribution in [1.82, 2.24) is 0 Å². The van der Waals surface area contributed by atoms with Gasteiger partial charge >= 0.3 is 5.97 Å². The third-order valence-electron chi connectivity index (χ3n) is 3.19. The molecule has 0 aliphatic rings. The Labute approximate surface area is 119 Å². The lowest BCUT2D eigenvalue weighted by atomic mass is 9.96. The van der Waals surface area contributed by atoms with Crippen LogP contribution in [-0.4, -0.2) is 26.2 Å². The van der Waals surface area contributed by atoms with Gasteiger partial charge in [-0.25, -0.2) is 4.79 Å². The van der Waals surface area contributed by atoms with E-state index in [1.165, 1.54) is 7.11 Å². The summed E-state index contributed by atoms with van der Waals surface area (Å²) in [7, 11) is 1.36. The molecule has 1 atom stereocenters. The summed E-state index contributed by atoms with van der Waals surface area (Å²) in [4.78, 5) is 11.7. The number of rotatable bonds is 6. The minimum Gasteiger partial charge on any atom is -0.465 e. The fourth-order valence-corrected chi connectivity index (χ4v) is 1.96. The molecule has 0 saturated heterocycles. The first-order valence-electron chi connectivity index (χ1n) is 6.31. The number of hydrogen-bond acceptors (Lipinski definition) is 4. The van der Waals surface area contributed by atoms with E-state index in [0.29, 0.717) is 41.2 Å². The molecule has 0 radical (unpaired) electrons. The average molecular weight is 285 g/mol. The highest BCUT2D eigenvalue weighted by Crippen LogP contribution is 2.22. The number of esters is 1. The fraction of sp³-hybridized carbons (Fsp3) is 0.500. The summed E-state index contributed by atoms with van der Waals surface area (Å²) < 4.78 is 4.75. The average Bonchev–Trinajstić information content (AvgIpc) is 2.38. The number of benzene rings is 1. The molecule has 106 valence electrons. The van der Waals surface area contributed by atoms with Gasteiger partial charge in [-0.15, -0.1) is 0 Å². The van der Waals surface area contributed by atoms with Crippen molar-refractivity contribution in [2.75, 3.05) is 25.5 Å². The van der Waals surface area contributed by atoms with Crippen LogP contribution < -0.4 is 11.1 Å². The van der Waals surface area contributed by atoms with Crippen molar-refractivity contribution in [3.8, 4) is 0 Å². The molecule has 0 amide bonds. The van der Waals surface area contributed by atoms with Crippen LogP contribution in [-0.2, 0) is 4.74 Å². The second-order valence-corrected chi connectivity index (χ2v) is 5.24. The Morgan fingerprint density at radius 2 is 2.16 bits per heavy atom. The summed E-state index contributed by atoms with van der Waals surface area (Å²) in [6.45, 7) is 5.54. The van der Waals surface area contributed by atoms with Crippen molar-refractivity contribution in [1.29, 1.82) is 0 Å². The van der Waals surface area contributed by atoms with E-state index in [4.69, 9.17) is 22.1 Å². The van der Waals surface area contributed by atoms with Crippen molar-refractivity contribution in [2.24, 2.45) is 17.6 Å². The monoisotopic (exact) mass is 284 g/mol. The van der Waals surface area contributed by atoms with Crippen molar-refractivity contribution < 1.29 is 9.53 Å². The number of nitrogens with two attached hydrogens (primary N) is 1. The van der Waals surface area contributed by atoms with Crippen LogP contribution in [0.3, 0.4) is 0 Å². The van der Waals surface area contributed by atoms with Crippen LogP contribution in [0, 0.1) is 11.8 Å². The number of halogens is 1. The highest BCUT2D eigenvalue weighted by molar-refractivity contribution is 6.31. The van der Waals surface area contributed by atoms with Crippen molar-refractivity contribution in [2.45, 2.75) is 13.8 Å². The lowest BCUT2D eigenvalue weighted by molar-refractivity contribution is 0.0602. The molecule has 0 fully saturated rings. The summed E-state index contributed by atoms with van der Waals surface area (Å²) in [5, 5.41) is 3.81. The van der Waals surface area contributed by atoms with Crippen LogP contribution in [0.15, 0.2) is 18.2 Å². The van der Waals surface area contributed by atoms with Crippen LogP contribution in [0.4, 0.5) is 5.69 Å². The van der Waals surface area contributed by atoms with Gasteiger partial charge in [-0.3, -0.25) is 0 Å². The zero-order valence-electron chi connectivity index (χ0n) is 11.6. The first-order valence-corrected chi connectivity index (χ1v) is 6.69. The number of carbonyl (C=O) groups excluding carboxylic acids is 1. The zero-order valence-corrected chi connectivity index (χ0v) is 12.3. The van der Waals surface area contributed by atoms with Gasteiger partial charge in [0, 0.05) is 11.6 Å². The summed E-state index contributed by atoms with van der Waals surface area (Å²) in [6.07, 6.45) is 0. The molecule has 0 bridgehead atoms. The molecular weight excluding hydrogens is 264 g/mol. The second kappa shape index (κ2) is 7.36. The van der Waals surface area contributed by atoms with E-state index < -0.39 is 0 Å². The van der Waals surface area contributed by atoms with Gasteiger partial charge in [-0.05, 0) is 36.6 Å². The molecule has 19 heavy (non-hydrogen) atoms. The van der Waals surface area contributed by atoms with Crippen LogP contribution in [0.25, 0.3) is 0 Å². The van der Waals surface area contributed by atoms with E-state index in [9.17, 15) is 4.79 Å². The quantitative estimate of drug-likeness (QED) is 0.789. The molecule has 0 heterocycles. The highest BCUT2D eigenvalue weighted by Gasteiger charge is 2.15. The third kappa shape index (κ3) is 4.40. The summed E-state index contributed by atoms with van der Waals surface area (Å²) in [5.74, 6) is 0.427. The molecule has 1 aromatic rings. The number of ether oxygens (including phenoxy) is 1. The number of anilines is 1. The Morgan fingerprint density at radius 3 is 2.68 bits per heavy atom. The molecule has 1 rings (SSSR count). The topological polar surface area (TPSA) is 64.3 Å². The molecule has 1 unspecified atom stereocenters. The lowest BCUT2D eigenvalue weighted by Gasteiger charge is -2.21. The van der Waals surface area contributed by atoms with E-state index in [1.807, 2.05) is 0 Å². The Morgan fingerprint density at radius 1 is 1.47 bits per heavy atom. The van der Waals surface area contributed by atoms with E-state index in [2.05, 4.69) is 19.2 Å². The molecular formula is C14H21ClN2O2. The largest absolute Gasteiger partial charge is 0.465 e. The minimum atomic E-state index is -0.381. The molecule has 0 aromatic heterocycles. The molecule has 0 saturated carbocycles. The van der Waals surface area contributed by atoms with Crippen molar-refractivity contribution in [3.05, 3.63) is 28.8 Å². The molecule has 3 N–H and O–H groups in total. The van der Waals surface area contributed by atoms with Gasteiger partial charge in [0.1, 0.15) is 0 Å². The van der Waals surface area contributed by atoms with Crippen LogP contribution in [0.2, 0.25) is 5.02 Å². The second-order valence-electron chi connectivity index (χ2n) is 4.80. The predicted molar refractivity (Wildman–Crippen MR) is 78.7 cm³/mol. The van der Waals surface area contributed by atoms with E-state index >= 15 is 0 Å². The Kier molecular flexibility index (Phi) is 6.12. The standard InChI is InChI=1S/C14H21ClN2O2/c1-9(2)10(7-16)8-17-13-6-11(15)4-5-12(13)14(18)19-3/h4-6,9-10,17H,7-8,16H2,1-3H3. The van der Waals surface area contributed by atoms with Gasteiger partial charge in [0.15, 0.2) is 0 Å². The molecule has 0 spiro atoms. The van der Waals surface area contributed by atoms with E-state index in [0.717, 1.165) is 0 Å². The normalized spacial score (nSPS) is 12.3. The molecule has 4 nitrogen and oxygen atoms in total. The zero-order chi connectivity index (χ0) is 14.4. The maximum atomic E-state index is 11.7. The van der Waals surface area contributed by atoms with Gasteiger partial charge in [-0.2, -0.15) is 0 Å². The minimum absolute atomic E-state index is 0.337. The first-order chi connectivity index (χ1) is 8.99. The van der Waals surface area contributed by atoms with Crippen LogP contribution >= 0.6 is 11.6 Å². The Hall–Kier alpha value is -1.26. The number of methoxy groups -OCH3 is 1.